The number of aliphatic hydroxyl groups is 3. The lowest BCUT2D eigenvalue weighted by Gasteiger charge is -2.35. The average Bonchev–Trinajstić information content (AvgIpc) is 3.88. The second kappa shape index (κ2) is 22.9. The summed E-state index contributed by atoms with van der Waals surface area (Å²) in [6, 6.07) is 13.1. The van der Waals surface area contributed by atoms with Crippen LogP contribution in [-0.4, -0.2) is 151 Å². The number of hydrogen-bond donors (Lipinski definition) is 7. The Kier molecular flexibility index (Phi) is 16.6. The number of imide groups is 1. The second-order valence-electron chi connectivity index (χ2n) is 17.1. The minimum atomic E-state index is -1.61. The van der Waals surface area contributed by atoms with Crippen LogP contribution in [0.25, 0.3) is 11.0 Å². The topological polar surface area (TPSA) is 276 Å². The van der Waals surface area contributed by atoms with Crippen molar-refractivity contribution in [3.8, 4) is 5.75 Å². The standard InChI is InChI=1S/C47H60N10O11/c1-3-4-5-15-50-44-41-33(52-46(48)53-44)13-17-56(41)26-32-8-6-30(23-29(32)2)25-54-19-21-55(22-20-54)47(65)67-27-31-7-9-36(68-45-43(64)42(63)35(58)28-66-45)34(24-31)51-38(60)12-16-49-37(59)14-18-57-39(61)10-11-40(57)62/h6-11,13,17,23-24,35,42-43,45,58,63-64H,3-5,12,14-16,18-22,25-28H2,1-2H3,(H,49,59)(H,51,60)(H3,48,50,52,53)/t35-,42+,43-,45+/m1/s1. The molecule has 2 saturated heterocycles. The van der Waals surface area contributed by atoms with Gasteiger partial charge in [-0.2, -0.15) is 4.98 Å². The molecule has 21 heteroatoms. The minimum absolute atomic E-state index is 0.0508. The molecule has 0 saturated carbocycles. The Morgan fingerprint density at radius 3 is 2.40 bits per heavy atom. The number of aryl methyl sites for hydroxylation is 1. The van der Waals surface area contributed by atoms with Crippen molar-refractivity contribution in [3.05, 3.63) is 83.1 Å². The maximum atomic E-state index is 13.3. The number of benzene rings is 2. The highest BCUT2D eigenvalue weighted by molar-refractivity contribution is 6.13. The number of carbonyl (C=O) groups is 5. The molecule has 3 aliphatic heterocycles. The second-order valence-corrected chi connectivity index (χ2v) is 17.1. The molecule has 68 heavy (non-hydrogen) atoms. The summed E-state index contributed by atoms with van der Waals surface area (Å²) in [5.74, 6) is -0.970. The molecule has 3 aliphatic rings. The molecule has 0 unspecified atom stereocenters. The molecule has 0 aliphatic carbocycles. The summed E-state index contributed by atoms with van der Waals surface area (Å²) in [6.45, 7) is 8.02. The van der Waals surface area contributed by atoms with Crippen molar-refractivity contribution in [2.45, 2.75) is 90.2 Å². The van der Waals surface area contributed by atoms with Crippen LogP contribution in [0.2, 0.25) is 0 Å². The lowest BCUT2D eigenvalue weighted by molar-refractivity contribution is -0.241. The summed E-state index contributed by atoms with van der Waals surface area (Å²) in [4.78, 5) is 76.1. The number of unbranched alkanes of at least 4 members (excludes halogenated alkanes) is 2. The predicted molar refractivity (Wildman–Crippen MR) is 249 cm³/mol. The molecule has 0 radical (unpaired) electrons. The number of aliphatic hydroxyl groups excluding tert-OH is 3. The zero-order chi connectivity index (χ0) is 48.3. The van der Waals surface area contributed by atoms with E-state index in [0.717, 1.165) is 70.8 Å². The Bertz CT molecular complexity index is 2470. The van der Waals surface area contributed by atoms with E-state index in [1.54, 1.807) is 11.0 Å². The Morgan fingerprint density at radius 1 is 0.882 bits per heavy atom. The fraction of sp³-hybridized carbons (Fsp3) is 0.468. The number of nitrogens with zero attached hydrogens (tertiary/aromatic N) is 6. The fourth-order valence-electron chi connectivity index (χ4n) is 8.12. The number of aromatic nitrogens is 3. The van der Waals surface area contributed by atoms with Crippen LogP contribution in [0.1, 0.15) is 61.3 Å². The molecule has 5 heterocycles. The van der Waals surface area contributed by atoms with Gasteiger partial charge in [-0.15, -0.1) is 0 Å². The number of piperazine rings is 1. The third kappa shape index (κ3) is 12.7. The summed E-state index contributed by atoms with van der Waals surface area (Å²) in [5, 5.41) is 39.3. The number of anilines is 3. The first-order valence-electron chi connectivity index (χ1n) is 22.9. The maximum Gasteiger partial charge on any atom is 0.410 e. The Balaban J connectivity index is 0.899. The molecule has 2 aromatic heterocycles. The summed E-state index contributed by atoms with van der Waals surface area (Å²) >= 11 is 0. The molecule has 21 nitrogen and oxygen atoms in total. The first kappa shape index (κ1) is 49.3. The van der Waals surface area contributed by atoms with Crippen molar-refractivity contribution in [1.29, 1.82) is 0 Å². The maximum absolute atomic E-state index is 13.3. The van der Waals surface area contributed by atoms with Gasteiger partial charge in [-0.25, -0.2) is 9.78 Å². The van der Waals surface area contributed by atoms with Gasteiger partial charge < -0.3 is 60.7 Å². The average molecular weight is 941 g/mol. The molecule has 4 atom stereocenters. The fourth-order valence-corrected chi connectivity index (χ4v) is 8.12. The van der Waals surface area contributed by atoms with E-state index < -0.39 is 54.3 Å². The van der Waals surface area contributed by atoms with Crippen molar-refractivity contribution >= 4 is 58.2 Å². The third-order valence-corrected chi connectivity index (χ3v) is 12.0. The number of carbonyl (C=O) groups excluding carboxylic acids is 5. The van der Waals surface area contributed by atoms with Crippen LogP contribution < -0.4 is 26.4 Å². The van der Waals surface area contributed by atoms with Crippen molar-refractivity contribution in [2.75, 3.05) is 68.8 Å². The van der Waals surface area contributed by atoms with Crippen molar-refractivity contribution < 1.29 is 53.5 Å². The van der Waals surface area contributed by atoms with Crippen molar-refractivity contribution in [1.82, 2.24) is 34.6 Å². The van der Waals surface area contributed by atoms with E-state index in [-0.39, 0.29) is 56.5 Å². The predicted octanol–water partition coefficient (Wildman–Crippen LogP) is 2.00. The molecule has 7 rings (SSSR count). The van der Waals surface area contributed by atoms with Gasteiger partial charge in [-0.1, -0.05) is 44.0 Å². The van der Waals surface area contributed by atoms with Crippen LogP contribution in [0.15, 0.2) is 60.8 Å². The van der Waals surface area contributed by atoms with Gasteiger partial charge in [-0.05, 0) is 53.8 Å². The highest BCUT2D eigenvalue weighted by Gasteiger charge is 2.39. The first-order chi connectivity index (χ1) is 32.8. The number of nitrogens with two attached hydrogens (primary N) is 1. The van der Waals surface area contributed by atoms with Gasteiger partial charge in [0.2, 0.25) is 24.1 Å². The molecule has 8 N–H and O–H groups in total. The van der Waals surface area contributed by atoms with Crippen LogP contribution in [0, 0.1) is 6.92 Å². The molecule has 4 aromatic rings. The summed E-state index contributed by atoms with van der Waals surface area (Å²) < 4.78 is 19.1. The largest absolute Gasteiger partial charge is 0.460 e. The first-order valence-corrected chi connectivity index (χ1v) is 22.9. The quantitative estimate of drug-likeness (QED) is 0.0493. The van der Waals surface area contributed by atoms with Gasteiger partial charge in [0.15, 0.2) is 5.82 Å². The van der Waals surface area contributed by atoms with E-state index in [1.165, 1.54) is 17.7 Å². The van der Waals surface area contributed by atoms with Gasteiger partial charge in [0, 0.05) is 90.1 Å². The lowest BCUT2D eigenvalue weighted by Crippen LogP contribution is -2.54. The van der Waals surface area contributed by atoms with Gasteiger partial charge in [-0.3, -0.25) is 29.0 Å². The molecular weight excluding hydrogens is 881 g/mol. The summed E-state index contributed by atoms with van der Waals surface area (Å²) in [6.07, 6.45) is 0.896. The molecule has 0 spiro atoms. The molecule has 2 aromatic carbocycles. The number of rotatable bonds is 20. The van der Waals surface area contributed by atoms with E-state index in [2.05, 4.69) is 67.4 Å². The number of nitrogens with one attached hydrogen (secondary N) is 3. The molecule has 364 valence electrons. The van der Waals surface area contributed by atoms with E-state index in [0.29, 0.717) is 44.8 Å². The minimum Gasteiger partial charge on any atom is -0.460 e. The van der Waals surface area contributed by atoms with Crippen molar-refractivity contribution in [2.24, 2.45) is 0 Å². The Hall–Kier alpha value is -6.65. The smallest absolute Gasteiger partial charge is 0.410 e. The highest BCUT2D eigenvalue weighted by Crippen LogP contribution is 2.31. The zero-order valence-corrected chi connectivity index (χ0v) is 38.3. The molecular formula is C47H60N10O11. The van der Waals surface area contributed by atoms with E-state index in [4.69, 9.17) is 19.9 Å². The van der Waals surface area contributed by atoms with Crippen LogP contribution in [0.5, 0.6) is 5.75 Å². The number of fused-ring (bicyclic) bond motifs is 1. The number of amides is 5. The normalized spacial score (nSPS) is 19.7. The van der Waals surface area contributed by atoms with Gasteiger partial charge >= 0.3 is 6.09 Å². The van der Waals surface area contributed by atoms with E-state index in [9.17, 15) is 39.3 Å². The number of ether oxygens (including phenoxy) is 3. The van der Waals surface area contributed by atoms with Gasteiger partial charge in [0.05, 0.1) is 17.8 Å². The lowest BCUT2D eigenvalue weighted by atomic mass is 10.0. The van der Waals surface area contributed by atoms with Gasteiger partial charge in [0.25, 0.3) is 11.8 Å². The van der Waals surface area contributed by atoms with Crippen LogP contribution in [0.3, 0.4) is 0 Å². The summed E-state index contributed by atoms with van der Waals surface area (Å²) in [5.41, 5.74) is 11.9. The third-order valence-electron chi connectivity index (χ3n) is 12.0. The van der Waals surface area contributed by atoms with Crippen LogP contribution in [0.4, 0.5) is 22.2 Å². The van der Waals surface area contributed by atoms with Gasteiger partial charge in [0.1, 0.15) is 36.2 Å². The van der Waals surface area contributed by atoms with E-state index >= 15 is 0 Å². The number of hydrogen-bond acceptors (Lipinski definition) is 16. The summed E-state index contributed by atoms with van der Waals surface area (Å²) in [7, 11) is 0. The zero-order valence-electron chi connectivity index (χ0n) is 38.3. The Labute approximate surface area is 393 Å². The van der Waals surface area contributed by atoms with Crippen molar-refractivity contribution in [3.63, 3.8) is 0 Å². The monoisotopic (exact) mass is 940 g/mol. The highest BCUT2D eigenvalue weighted by atomic mass is 16.7. The molecule has 2 fully saturated rings. The molecule has 5 amide bonds. The molecule has 0 bridgehead atoms. The number of nitrogen functional groups attached to an aromatic ring is 1. The van der Waals surface area contributed by atoms with Crippen LogP contribution >= 0.6 is 0 Å². The Morgan fingerprint density at radius 2 is 1.65 bits per heavy atom. The SMILES string of the molecule is CCCCCNc1nc(N)nc2ccn(Cc3ccc(CN4CCN(C(=O)OCc5ccc(O[C@@H]6OC[C@@H](O)[C@H](O)[C@H]6O)c(NC(=O)CCNC(=O)CCN6C(=O)C=CC6=O)c5)CC4)cc3C)c12. The van der Waals surface area contributed by atoms with Crippen LogP contribution in [-0.2, 0) is 48.3 Å². The van der Waals surface area contributed by atoms with E-state index in [1.807, 2.05) is 12.3 Å².